The van der Waals surface area contributed by atoms with Crippen LogP contribution in [0.1, 0.15) is 18.5 Å². The number of hydrogen-bond donors (Lipinski definition) is 2. The third-order valence-corrected chi connectivity index (χ3v) is 4.39. The summed E-state index contributed by atoms with van der Waals surface area (Å²) in [5.41, 5.74) is 1.97. The maximum atomic E-state index is 12.2. The van der Waals surface area contributed by atoms with Crippen molar-refractivity contribution in [3.05, 3.63) is 48.3 Å². The van der Waals surface area contributed by atoms with E-state index < -0.39 is 0 Å². The Bertz CT molecular complexity index is 656. The number of urea groups is 1. The molecule has 2 N–H and O–H groups in total. The van der Waals surface area contributed by atoms with Crippen molar-refractivity contribution >= 4 is 6.03 Å². The maximum absolute atomic E-state index is 12.2. The largest absolute Gasteiger partial charge is 0.396 e. The summed E-state index contributed by atoms with van der Waals surface area (Å²) in [5, 5.41) is 16.7. The second kappa shape index (κ2) is 7.97. The van der Waals surface area contributed by atoms with Crippen molar-refractivity contribution in [2.45, 2.75) is 19.3 Å². The fourth-order valence-corrected chi connectivity index (χ4v) is 3.03. The van der Waals surface area contributed by atoms with Gasteiger partial charge in [0.05, 0.1) is 11.4 Å². The van der Waals surface area contributed by atoms with E-state index >= 15 is 0 Å². The summed E-state index contributed by atoms with van der Waals surface area (Å²) in [6, 6.07) is 11.9. The van der Waals surface area contributed by atoms with Gasteiger partial charge in [0.1, 0.15) is 0 Å². The molecular formula is C18H24N4O2. The van der Waals surface area contributed by atoms with Crippen LogP contribution in [0.5, 0.6) is 0 Å². The summed E-state index contributed by atoms with van der Waals surface area (Å²) < 4.78 is 1.84. The minimum atomic E-state index is -0.0457. The van der Waals surface area contributed by atoms with Crippen LogP contribution in [0.25, 0.3) is 5.69 Å². The summed E-state index contributed by atoms with van der Waals surface area (Å²) in [6.07, 6.45) is 4.59. The number of carbonyl (C=O) groups is 1. The highest BCUT2D eigenvalue weighted by molar-refractivity contribution is 5.74. The number of aromatic nitrogens is 2. The summed E-state index contributed by atoms with van der Waals surface area (Å²) in [6.45, 7) is 2.13. The lowest BCUT2D eigenvalue weighted by Crippen LogP contribution is -2.46. The zero-order valence-corrected chi connectivity index (χ0v) is 13.8. The normalized spacial score (nSPS) is 17.7. The van der Waals surface area contributed by atoms with E-state index in [1.54, 1.807) is 4.90 Å². The lowest BCUT2D eigenvalue weighted by molar-refractivity contribution is 0.129. The van der Waals surface area contributed by atoms with Gasteiger partial charge in [-0.15, -0.1) is 0 Å². The number of para-hydroxylation sites is 1. The molecule has 6 heteroatoms. The first-order chi connectivity index (χ1) is 11.8. The Labute approximate surface area is 142 Å². The Balaban J connectivity index is 1.46. The molecule has 128 valence electrons. The minimum absolute atomic E-state index is 0.0457. The first-order valence-corrected chi connectivity index (χ1v) is 8.50. The van der Waals surface area contributed by atoms with Crippen molar-refractivity contribution in [2.24, 2.45) is 5.92 Å². The van der Waals surface area contributed by atoms with Crippen LogP contribution < -0.4 is 5.32 Å². The van der Waals surface area contributed by atoms with Gasteiger partial charge in [0, 0.05) is 38.9 Å². The third kappa shape index (κ3) is 4.14. The Hall–Kier alpha value is -2.34. The number of nitrogens with zero attached hydrogens (tertiary/aromatic N) is 3. The molecule has 24 heavy (non-hydrogen) atoms. The van der Waals surface area contributed by atoms with Gasteiger partial charge in [0.15, 0.2) is 0 Å². The molecule has 0 saturated carbocycles. The number of carbonyl (C=O) groups excluding carboxylic acids is 1. The molecule has 1 unspecified atom stereocenters. The van der Waals surface area contributed by atoms with E-state index in [2.05, 4.69) is 10.4 Å². The second-order valence-corrected chi connectivity index (χ2v) is 6.21. The minimum Gasteiger partial charge on any atom is -0.396 e. The van der Waals surface area contributed by atoms with Crippen LogP contribution in [-0.2, 0) is 6.42 Å². The maximum Gasteiger partial charge on any atom is 0.317 e. The topological polar surface area (TPSA) is 70.4 Å². The van der Waals surface area contributed by atoms with E-state index in [0.717, 1.165) is 30.8 Å². The molecule has 1 saturated heterocycles. The van der Waals surface area contributed by atoms with Gasteiger partial charge in [-0.3, -0.25) is 0 Å². The highest BCUT2D eigenvalue weighted by Gasteiger charge is 2.22. The number of benzene rings is 1. The highest BCUT2D eigenvalue weighted by Crippen LogP contribution is 2.15. The predicted octanol–water partition coefficient (Wildman–Crippen LogP) is 1.83. The SMILES string of the molecule is O=C(NCCc1ccn(-c2ccccc2)n1)N1CCCC(CO)C1. The number of nitrogens with one attached hydrogen (secondary N) is 1. The molecule has 2 aromatic rings. The molecule has 1 atom stereocenters. The van der Waals surface area contributed by atoms with Crippen LogP contribution in [-0.4, -0.2) is 52.1 Å². The van der Waals surface area contributed by atoms with Gasteiger partial charge in [-0.2, -0.15) is 5.10 Å². The number of likely N-dealkylation sites (tertiary alicyclic amines) is 1. The van der Waals surface area contributed by atoms with Crippen molar-refractivity contribution in [2.75, 3.05) is 26.2 Å². The first kappa shape index (κ1) is 16.5. The molecule has 0 radical (unpaired) electrons. The summed E-state index contributed by atoms with van der Waals surface area (Å²) in [4.78, 5) is 14.0. The Kier molecular flexibility index (Phi) is 5.48. The molecular weight excluding hydrogens is 304 g/mol. The van der Waals surface area contributed by atoms with Crippen molar-refractivity contribution in [1.82, 2.24) is 20.0 Å². The Morgan fingerprint density at radius 3 is 2.92 bits per heavy atom. The first-order valence-electron chi connectivity index (χ1n) is 8.50. The van der Waals surface area contributed by atoms with Crippen molar-refractivity contribution in [3.63, 3.8) is 0 Å². The summed E-state index contributed by atoms with van der Waals surface area (Å²) >= 11 is 0. The molecule has 6 nitrogen and oxygen atoms in total. The smallest absolute Gasteiger partial charge is 0.317 e. The molecule has 1 aromatic carbocycles. The van der Waals surface area contributed by atoms with Crippen LogP contribution in [0.2, 0.25) is 0 Å². The molecule has 0 spiro atoms. The van der Waals surface area contributed by atoms with E-state index in [9.17, 15) is 9.90 Å². The number of hydrogen-bond acceptors (Lipinski definition) is 3. The number of aliphatic hydroxyl groups excluding tert-OH is 1. The molecule has 0 aliphatic carbocycles. The molecule has 2 heterocycles. The van der Waals surface area contributed by atoms with Crippen LogP contribution in [0, 0.1) is 5.92 Å². The lowest BCUT2D eigenvalue weighted by Gasteiger charge is -2.31. The van der Waals surface area contributed by atoms with E-state index in [1.807, 2.05) is 47.3 Å². The van der Waals surface area contributed by atoms with E-state index in [0.29, 0.717) is 19.5 Å². The number of piperidine rings is 1. The lowest BCUT2D eigenvalue weighted by atomic mass is 9.99. The van der Waals surface area contributed by atoms with Gasteiger partial charge in [-0.1, -0.05) is 18.2 Å². The predicted molar refractivity (Wildman–Crippen MR) is 92.0 cm³/mol. The van der Waals surface area contributed by atoms with Crippen LogP contribution in [0.15, 0.2) is 42.6 Å². The van der Waals surface area contributed by atoms with Gasteiger partial charge < -0.3 is 15.3 Å². The average molecular weight is 328 g/mol. The highest BCUT2D eigenvalue weighted by atomic mass is 16.3. The summed E-state index contributed by atoms with van der Waals surface area (Å²) in [7, 11) is 0. The third-order valence-electron chi connectivity index (χ3n) is 4.39. The molecule has 1 aromatic heterocycles. The van der Waals surface area contributed by atoms with Crippen molar-refractivity contribution in [3.8, 4) is 5.69 Å². The molecule has 0 bridgehead atoms. The quantitative estimate of drug-likeness (QED) is 0.880. The molecule has 1 aliphatic heterocycles. The van der Waals surface area contributed by atoms with Crippen LogP contribution >= 0.6 is 0 Å². The number of aliphatic hydroxyl groups is 1. The van der Waals surface area contributed by atoms with Gasteiger partial charge in [-0.25, -0.2) is 9.48 Å². The van der Waals surface area contributed by atoms with Crippen LogP contribution in [0.3, 0.4) is 0 Å². The Morgan fingerprint density at radius 2 is 2.12 bits per heavy atom. The van der Waals surface area contributed by atoms with E-state index in [1.165, 1.54) is 0 Å². The molecule has 3 rings (SSSR count). The molecule has 1 aliphatic rings. The Morgan fingerprint density at radius 1 is 1.29 bits per heavy atom. The van der Waals surface area contributed by atoms with Gasteiger partial charge in [0.25, 0.3) is 0 Å². The van der Waals surface area contributed by atoms with Gasteiger partial charge in [-0.05, 0) is 37.0 Å². The zero-order chi connectivity index (χ0) is 16.8. The number of rotatable bonds is 5. The fourth-order valence-electron chi connectivity index (χ4n) is 3.03. The molecule has 1 fully saturated rings. The second-order valence-electron chi connectivity index (χ2n) is 6.21. The monoisotopic (exact) mass is 328 g/mol. The van der Waals surface area contributed by atoms with Gasteiger partial charge >= 0.3 is 6.03 Å². The number of amides is 2. The average Bonchev–Trinajstić information content (AvgIpc) is 3.11. The van der Waals surface area contributed by atoms with E-state index in [-0.39, 0.29) is 18.6 Å². The van der Waals surface area contributed by atoms with Crippen molar-refractivity contribution < 1.29 is 9.90 Å². The summed E-state index contributed by atoms with van der Waals surface area (Å²) in [5.74, 6) is 0.214. The van der Waals surface area contributed by atoms with Crippen molar-refractivity contribution in [1.29, 1.82) is 0 Å². The zero-order valence-electron chi connectivity index (χ0n) is 13.8. The standard InChI is InChI=1S/C18H24N4O2/c23-14-15-5-4-11-21(13-15)18(24)19-10-8-16-9-12-22(20-16)17-6-2-1-3-7-17/h1-3,6-7,9,12,15,23H,4-5,8,10-11,13-14H2,(H,19,24). The molecule has 2 amide bonds. The van der Waals surface area contributed by atoms with E-state index in [4.69, 9.17) is 0 Å². The van der Waals surface area contributed by atoms with Gasteiger partial charge in [0.2, 0.25) is 0 Å². The van der Waals surface area contributed by atoms with Crippen LogP contribution in [0.4, 0.5) is 4.79 Å². The fraction of sp³-hybridized carbons (Fsp3) is 0.444.